The van der Waals surface area contributed by atoms with E-state index < -0.39 is 0 Å². The summed E-state index contributed by atoms with van der Waals surface area (Å²) in [7, 11) is 0. The van der Waals surface area contributed by atoms with Crippen molar-refractivity contribution in [3.63, 3.8) is 0 Å². The number of Topliss-reactive ketones (excluding diaryl/α,β-unsaturated/α-hetero) is 1. The Morgan fingerprint density at radius 3 is 2.18 bits per heavy atom. The molecule has 0 saturated heterocycles. The van der Waals surface area contributed by atoms with Crippen LogP contribution in [0, 0.1) is 11.8 Å². The summed E-state index contributed by atoms with van der Waals surface area (Å²) in [4.78, 5) is 23.2. The van der Waals surface area contributed by atoms with E-state index in [1.54, 1.807) is 0 Å². The molecule has 0 unspecified atom stereocenters. The summed E-state index contributed by atoms with van der Waals surface area (Å²) in [6, 6.07) is 0. The summed E-state index contributed by atoms with van der Waals surface area (Å²) in [5, 5.41) is 0. The number of rotatable bonds is 6. The molecule has 0 amide bonds. The predicted molar refractivity (Wildman–Crippen MR) is 66.6 cm³/mol. The van der Waals surface area contributed by atoms with Crippen LogP contribution >= 0.6 is 0 Å². The number of hydrogen-bond donors (Lipinski definition) is 0. The van der Waals surface area contributed by atoms with Crippen LogP contribution in [-0.2, 0) is 14.3 Å². The molecular weight excluding hydrogens is 216 g/mol. The molecule has 3 heteroatoms. The first-order chi connectivity index (χ1) is 8.19. The molecule has 1 fully saturated rings. The van der Waals surface area contributed by atoms with E-state index in [2.05, 4.69) is 6.92 Å². The van der Waals surface area contributed by atoms with Gasteiger partial charge in [-0.15, -0.1) is 0 Å². The van der Waals surface area contributed by atoms with Gasteiger partial charge in [-0.1, -0.05) is 20.3 Å². The van der Waals surface area contributed by atoms with E-state index in [0.717, 1.165) is 38.5 Å². The van der Waals surface area contributed by atoms with Crippen molar-refractivity contribution in [2.45, 2.75) is 58.8 Å². The first kappa shape index (κ1) is 14.2. The third kappa shape index (κ3) is 4.49. The molecule has 98 valence electrons. The molecule has 17 heavy (non-hydrogen) atoms. The minimum Gasteiger partial charge on any atom is -0.465 e. The van der Waals surface area contributed by atoms with Gasteiger partial charge in [-0.25, -0.2) is 0 Å². The van der Waals surface area contributed by atoms with Crippen molar-refractivity contribution < 1.29 is 14.3 Å². The topological polar surface area (TPSA) is 43.4 Å². The third-order valence-corrected chi connectivity index (χ3v) is 3.61. The Kier molecular flexibility index (Phi) is 6.23. The van der Waals surface area contributed by atoms with E-state index in [9.17, 15) is 9.59 Å². The normalized spacial score (nSPS) is 24.4. The molecule has 1 rings (SSSR count). The molecule has 0 N–H and O–H groups in total. The van der Waals surface area contributed by atoms with Crippen LogP contribution in [0.5, 0.6) is 0 Å². The molecule has 1 aliphatic carbocycles. The van der Waals surface area contributed by atoms with Crippen LogP contribution in [0.15, 0.2) is 0 Å². The fourth-order valence-corrected chi connectivity index (χ4v) is 2.37. The Balaban J connectivity index is 2.26. The number of carbonyl (C=O) groups is 2. The van der Waals surface area contributed by atoms with Crippen molar-refractivity contribution in [3.05, 3.63) is 0 Å². The standard InChI is InChI=1S/C14H24O3/c1-3-5-10-17-14(16)12-8-6-11(7-9-12)13(15)4-2/h11-12H,3-10H2,1-2H3. The second-order valence-corrected chi connectivity index (χ2v) is 4.89. The van der Waals surface area contributed by atoms with Gasteiger partial charge in [-0.05, 0) is 32.1 Å². The van der Waals surface area contributed by atoms with Gasteiger partial charge in [0.2, 0.25) is 0 Å². The molecule has 0 aromatic heterocycles. The Morgan fingerprint density at radius 2 is 1.65 bits per heavy atom. The van der Waals surface area contributed by atoms with Gasteiger partial charge in [0.05, 0.1) is 12.5 Å². The van der Waals surface area contributed by atoms with Crippen LogP contribution in [0.25, 0.3) is 0 Å². The summed E-state index contributed by atoms with van der Waals surface area (Å²) in [5.41, 5.74) is 0. The summed E-state index contributed by atoms with van der Waals surface area (Å²) >= 11 is 0. The lowest BCUT2D eigenvalue weighted by molar-refractivity contribution is -0.150. The van der Waals surface area contributed by atoms with Crippen molar-refractivity contribution in [2.24, 2.45) is 11.8 Å². The highest BCUT2D eigenvalue weighted by atomic mass is 16.5. The molecule has 0 aromatic rings. The van der Waals surface area contributed by atoms with E-state index in [1.165, 1.54) is 0 Å². The largest absolute Gasteiger partial charge is 0.465 e. The van der Waals surface area contributed by atoms with Crippen molar-refractivity contribution in [2.75, 3.05) is 6.61 Å². The number of carbonyl (C=O) groups excluding carboxylic acids is 2. The van der Waals surface area contributed by atoms with E-state index in [-0.39, 0.29) is 17.8 Å². The molecule has 3 nitrogen and oxygen atoms in total. The van der Waals surface area contributed by atoms with Crippen LogP contribution < -0.4 is 0 Å². The SMILES string of the molecule is CCCCOC(=O)C1CCC(C(=O)CC)CC1. The Bertz CT molecular complexity index is 252. The molecule has 0 aliphatic heterocycles. The van der Waals surface area contributed by atoms with Gasteiger partial charge >= 0.3 is 5.97 Å². The first-order valence-corrected chi connectivity index (χ1v) is 6.88. The molecule has 0 aromatic carbocycles. The maximum atomic E-state index is 11.7. The Labute approximate surface area is 104 Å². The van der Waals surface area contributed by atoms with Crippen molar-refractivity contribution in [1.29, 1.82) is 0 Å². The van der Waals surface area contributed by atoms with Gasteiger partial charge in [0, 0.05) is 12.3 Å². The summed E-state index contributed by atoms with van der Waals surface area (Å²) in [5.74, 6) is 0.524. The average molecular weight is 240 g/mol. The quantitative estimate of drug-likeness (QED) is 0.529. The number of ether oxygens (including phenoxy) is 1. The summed E-state index contributed by atoms with van der Waals surface area (Å²) in [6.07, 6.45) is 5.97. The van der Waals surface area contributed by atoms with Gasteiger partial charge in [0.1, 0.15) is 5.78 Å². The molecular formula is C14H24O3. The number of ketones is 1. The third-order valence-electron chi connectivity index (χ3n) is 3.61. The van der Waals surface area contributed by atoms with Gasteiger partial charge in [-0.2, -0.15) is 0 Å². The lowest BCUT2D eigenvalue weighted by Crippen LogP contribution is -2.27. The highest BCUT2D eigenvalue weighted by Crippen LogP contribution is 2.30. The zero-order valence-corrected chi connectivity index (χ0v) is 11.0. The fraction of sp³-hybridized carbons (Fsp3) is 0.857. The second-order valence-electron chi connectivity index (χ2n) is 4.89. The summed E-state index contributed by atoms with van der Waals surface area (Å²) in [6.45, 7) is 4.53. The highest BCUT2D eigenvalue weighted by Gasteiger charge is 2.29. The van der Waals surface area contributed by atoms with E-state index >= 15 is 0 Å². The van der Waals surface area contributed by atoms with Crippen LogP contribution in [0.2, 0.25) is 0 Å². The van der Waals surface area contributed by atoms with Gasteiger partial charge < -0.3 is 4.74 Å². The smallest absolute Gasteiger partial charge is 0.308 e. The fourth-order valence-electron chi connectivity index (χ4n) is 2.37. The molecule has 0 radical (unpaired) electrons. The van der Waals surface area contributed by atoms with Crippen LogP contribution in [0.1, 0.15) is 58.8 Å². The maximum absolute atomic E-state index is 11.7. The highest BCUT2D eigenvalue weighted by molar-refractivity contribution is 5.81. The van der Waals surface area contributed by atoms with E-state index in [1.807, 2.05) is 6.92 Å². The van der Waals surface area contributed by atoms with E-state index in [4.69, 9.17) is 4.74 Å². The van der Waals surface area contributed by atoms with Crippen LogP contribution in [0.3, 0.4) is 0 Å². The molecule has 0 spiro atoms. The summed E-state index contributed by atoms with van der Waals surface area (Å²) < 4.78 is 5.22. The zero-order chi connectivity index (χ0) is 12.7. The average Bonchev–Trinajstić information content (AvgIpc) is 2.38. The van der Waals surface area contributed by atoms with Gasteiger partial charge in [0.25, 0.3) is 0 Å². The molecule has 0 atom stereocenters. The van der Waals surface area contributed by atoms with Gasteiger partial charge in [0.15, 0.2) is 0 Å². The lowest BCUT2D eigenvalue weighted by atomic mass is 9.79. The van der Waals surface area contributed by atoms with Crippen molar-refractivity contribution >= 4 is 11.8 Å². The molecule has 1 aliphatic rings. The molecule has 0 heterocycles. The number of esters is 1. The molecule has 0 bridgehead atoms. The lowest BCUT2D eigenvalue weighted by Gasteiger charge is -2.26. The minimum absolute atomic E-state index is 0.0350. The zero-order valence-electron chi connectivity index (χ0n) is 11.0. The predicted octanol–water partition coefficient (Wildman–Crippen LogP) is 3.12. The second kappa shape index (κ2) is 7.46. The molecule has 1 saturated carbocycles. The Morgan fingerprint density at radius 1 is 1.06 bits per heavy atom. The minimum atomic E-state index is -0.0548. The van der Waals surface area contributed by atoms with Crippen LogP contribution in [-0.4, -0.2) is 18.4 Å². The van der Waals surface area contributed by atoms with E-state index in [0.29, 0.717) is 18.8 Å². The van der Waals surface area contributed by atoms with Crippen LogP contribution in [0.4, 0.5) is 0 Å². The maximum Gasteiger partial charge on any atom is 0.308 e. The monoisotopic (exact) mass is 240 g/mol. The number of unbranched alkanes of at least 4 members (excludes halogenated alkanes) is 1. The Hall–Kier alpha value is -0.860. The van der Waals surface area contributed by atoms with Crippen molar-refractivity contribution in [1.82, 2.24) is 0 Å². The first-order valence-electron chi connectivity index (χ1n) is 6.88. The van der Waals surface area contributed by atoms with Gasteiger partial charge in [-0.3, -0.25) is 9.59 Å². The van der Waals surface area contributed by atoms with Crippen molar-refractivity contribution in [3.8, 4) is 0 Å². The number of hydrogen-bond acceptors (Lipinski definition) is 3.